The molecule has 4 heterocycles. The number of carbonyl (C=O) groups is 6. The monoisotopic (exact) mass is 1250 g/mol. The summed E-state index contributed by atoms with van der Waals surface area (Å²) in [4.78, 5) is 88.8. The Morgan fingerprint density at radius 2 is 1.01 bits per heavy atom. The Hall–Kier alpha value is -6.72. The Balaban J connectivity index is 0.000000317. The van der Waals surface area contributed by atoms with Gasteiger partial charge in [-0.15, -0.1) is 35.5 Å². The highest BCUT2D eigenvalue weighted by atomic mass is 32.1. The first kappa shape index (κ1) is 72.8. The highest BCUT2D eigenvalue weighted by molar-refractivity contribution is 7.13. The number of aliphatic hydroxyl groups is 2. The van der Waals surface area contributed by atoms with Crippen molar-refractivity contribution in [2.75, 3.05) is 92.4 Å². The van der Waals surface area contributed by atoms with Crippen molar-refractivity contribution in [3.8, 4) is 45.6 Å². The first-order chi connectivity index (χ1) is 41.4. The second kappa shape index (κ2) is 37.2. The third kappa shape index (κ3) is 25.1. The van der Waals surface area contributed by atoms with Crippen LogP contribution in [0.15, 0.2) is 59.6 Å². The van der Waals surface area contributed by atoms with Gasteiger partial charge >= 0.3 is 5.97 Å². The van der Waals surface area contributed by atoms with E-state index in [-0.39, 0.29) is 96.4 Å². The average molecular weight is 1250 g/mol. The Labute approximate surface area is 518 Å². The minimum absolute atomic E-state index is 0.00115. The fourth-order valence-corrected chi connectivity index (χ4v) is 10.4. The lowest BCUT2D eigenvalue weighted by molar-refractivity contribution is -0.144. The van der Waals surface area contributed by atoms with Gasteiger partial charge in [-0.05, 0) is 46.9 Å². The molecule has 5 amide bonds. The zero-order valence-corrected chi connectivity index (χ0v) is 52.7. The molecule has 4 aromatic rings. The number of carboxylic acid groups (broad SMARTS) is 1. The molecule has 0 saturated carbocycles. The number of carboxylic acids is 1. The summed E-state index contributed by atoms with van der Waals surface area (Å²) in [7, 11) is 0. The summed E-state index contributed by atoms with van der Waals surface area (Å²) < 4.78 is 30.5. The molecule has 2 aromatic heterocycles. The number of nitrogens with two attached hydrogens (primary N) is 1. The van der Waals surface area contributed by atoms with E-state index in [9.17, 15) is 39.0 Å². The van der Waals surface area contributed by atoms with Crippen LogP contribution in [-0.2, 0) is 70.3 Å². The van der Waals surface area contributed by atoms with Gasteiger partial charge in [-0.25, -0.2) is 14.8 Å². The molecule has 25 heteroatoms. The third-order valence-corrected chi connectivity index (χ3v) is 15.5. The van der Waals surface area contributed by atoms with Gasteiger partial charge in [0.25, 0.3) is 0 Å². The van der Waals surface area contributed by atoms with E-state index in [1.165, 1.54) is 9.80 Å². The van der Waals surface area contributed by atoms with Crippen LogP contribution in [0, 0.1) is 49.4 Å². The Morgan fingerprint density at radius 3 is 1.38 bits per heavy atom. The Bertz CT molecular complexity index is 2880. The lowest BCUT2D eigenvalue weighted by Crippen LogP contribution is -2.58. The topological polar surface area (TPSA) is 313 Å². The summed E-state index contributed by atoms with van der Waals surface area (Å²) >= 11 is 3.17. The van der Waals surface area contributed by atoms with Crippen molar-refractivity contribution in [3.05, 3.63) is 82.1 Å². The molecule has 2 aliphatic rings. The number of amides is 5. The number of ether oxygens (including phenoxy) is 6. The molecule has 8 N–H and O–H groups in total. The molecule has 476 valence electrons. The van der Waals surface area contributed by atoms with Crippen molar-refractivity contribution in [1.29, 1.82) is 0 Å². The summed E-state index contributed by atoms with van der Waals surface area (Å²) in [6, 6.07) is 12.6. The smallest absolute Gasteiger partial charge is 0.329 e. The maximum Gasteiger partial charge on any atom is 0.329 e. The summed E-state index contributed by atoms with van der Waals surface area (Å²) in [6.45, 7) is 18.4. The number of aliphatic hydroxyl groups excluding tert-OH is 2. The molecule has 0 unspecified atom stereocenters. The van der Waals surface area contributed by atoms with Gasteiger partial charge < -0.3 is 75.2 Å². The first-order valence-electron chi connectivity index (χ1n) is 28.5. The van der Waals surface area contributed by atoms with Gasteiger partial charge in [0.1, 0.15) is 44.6 Å². The predicted molar refractivity (Wildman–Crippen MR) is 330 cm³/mol. The molecular weight excluding hydrogens is 1160 g/mol. The number of aryl methyl sites for hydroxylation is 2. The number of hydrogen-bond acceptors (Lipinski definition) is 19. The standard InChI is InChI=1S/C31H42N4O7S.C22H30N4O3S.C9H14O5/c1-6-11-40-12-13-41-14-15-42-19-26(37)34-28(31(3,4)5)30(39)35-18-24(36)16-25(35)29(38)32-17-22-7-9-23(10-8-22)27-21(2)33-20-43-27;1-13-18(30-12-25-13)15-7-5-14(6-8-15)10-24-20(28)17-9-16(27)11-26(17)21(29)19(23)22(2,3)4;1-2-3-12-4-5-13-6-7-14-8-9(10)11/h1,7-10,20,24-25,28,36H,11-19H2,2-5H3,(H,32,38)(H,34,37);5-8,12,16-17,19,27H,9-11,23H2,1-4H3,(H,24,28);1H,3-8H2,(H,10,11)/t24-,25+,28-;16-,17+,19-;/m11./s1. The normalized spacial score (nSPS) is 17.1. The van der Waals surface area contributed by atoms with E-state index in [4.69, 9.17) is 52.1 Å². The van der Waals surface area contributed by atoms with Crippen LogP contribution in [0.5, 0.6) is 0 Å². The van der Waals surface area contributed by atoms with Crippen LogP contribution < -0.4 is 21.7 Å². The van der Waals surface area contributed by atoms with Crippen molar-refractivity contribution in [3.63, 3.8) is 0 Å². The molecule has 0 aliphatic carbocycles. The molecule has 0 bridgehead atoms. The van der Waals surface area contributed by atoms with Crippen LogP contribution in [0.25, 0.3) is 20.9 Å². The lowest BCUT2D eigenvalue weighted by atomic mass is 9.85. The number of rotatable bonds is 29. The average Bonchev–Trinajstić information content (AvgIpc) is 1.98. The zero-order chi connectivity index (χ0) is 64.1. The Morgan fingerprint density at radius 1 is 0.621 bits per heavy atom. The SMILES string of the molecule is C#CCOCCOCCOCC(=O)N[C@H](C(=O)N1C[C@H](O)C[C@H]1C(=O)NCc1ccc(-c2scnc2C)cc1)C(C)(C)C.C#CCOCCOCCOCC(=O)O.Cc1ncsc1-c1ccc(CNC(=O)[C@@H]2C[C@@H](O)CN2C(=O)[C@@H](N)C(C)(C)C)cc1. The Kier molecular flexibility index (Phi) is 31.1. The number of aromatic nitrogens is 2. The molecule has 0 radical (unpaired) electrons. The lowest BCUT2D eigenvalue weighted by Gasteiger charge is -2.35. The van der Waals surface area contributed by atoms with Crippen molar-refractivity contribution in [1.82, 2.24) is 35.7 Å². The number of likely N-dealkylation sites (tertiary alicyclic amines) is 2. The molecule has 2 fully saturated rings. The van der Waals surface area contributed by atoms with E-state index in [2.05, 4.69) is 37.8 Å². The number of nitrogens with zero attached hydrogens (tertiary/aromatic N) is 4. The van der Waals surface area contributed by atoms with Crippen LogP contribution >= 0.6 is 22.7 Å². The predicted octanol–water partition coefficient (Wildman–Crippen LogP) is 3.73. The largest absolute Gasteiger partial charge is 0.480 e. The van der Waals surface area contributed by atoms with Crippen molar-refractivity contribution in [2.24, 2.45) is 16.6 Å². The number of β-amino-alcohol motifs (C(OH)–C–C–N with tert-alkyl or cyclic N) is 2. The van der Waals surface area contributed by atoms with Gasteiger partial charge in [0.2, 0.25) is 29.5 Å². The molecule has 2 aliphatic heterocycles. The fraction of sp³-hybridized carbons (Fsp3) is 0.548. The minimum atomic E-state index is -0.984. The molecule has 87 heavy (non-hydrogen) atoms. The van der Waals surface area contributed by atoms with Crippen LogP contribution in [0.3, 0.4) is 0 Å². The highest BCUT2D eigenvalue weighted by Crippen LogP contribution is 2.30. The second-order valence-corrected chi connectivity index (χ2v) is 24.3. The quantitative estimate of drug-likeness (QED) is 0.0301. The number of hydrogen-bond donors (Lipinski definition) is 7. The van der Waals surface area contributed by atoms with E-state index in [0.717, 1.165) is 43.4 Å². The molecule has 2 aromatic carbocycles. The maximum absolute atomic E-state index is 13.7. The van der Waals surface area contributed by atoms with Crippen LogP contribution in [0.1, 0.15) is 76.9 Å². The zero-order valence-electron chi connectivity index (χ0n) is 51.0. The first-order valence-corrected chi connectivity index (χ1v) is 30.2. The summed E-state index contributed by atoms with van der Waals surface area (Å²) in [5.74, 6) is 1.86. The van der Waals surface area contributed by atoms with Crippen molar-refractivity contribution in [2.45, 2.75) is 118 Å². The van der Waals surface area contributed by atoms with Gasteiger partial charge in [0.15, 0.2) is 0 Å². The van der Waals surface area contributed by atoms with Crippen LogP contribution in [-0.4, -0.2) is 199 Å². The number of benzene rings is 2. The molecule has 23 nitrogen and oxygen atoms in total. The number of aliphatic carboxylic acids is 1. The molecule has 6 atom stereocenters. The fourth-order valence-electron chi connectivity index (χ4n) is 8.76. The van der Waals surface area contributed by atoms with Crippen LogP contribution in [0.4, 0.5) is 0 Å². The van der Waals surface area contributed by atoms with E-state index in [0.29, 0.717) is 39.6 Å². The molecule has 0 spiro atoms. The number of carbonyl (C=O) groups excluding carboxylic acids is 5. The minimum Gasteiger partial charge on any atom is -0.480 e. The van der Waals surface area contributed by atoms with Crippen LogP contribution in [0.2, 0.25) is 0 Å². The van der Waals surface area contributed by atoms with Crippen molar-refractivity contribution >= 4 is 58.2 Å². The summed E-state index contributed by atoms with van der Waals surface area (Å²) in [5, 5.41) is 37.2. The second-order valence-electron chi connectivity index (χ2n) is 22.6. The van der Waals surface area contributed by atoms with E-state index >= 15 is 0 Å². The van der Waals surface area contributed by atoms with Gasteiger partial charge in [-0.1, -0.05) is 102 Å². The van der Waals surface area contributed by atoms with Gasteiger partial charge in [-0.2, -0.15) is 0 Å². The molecule has 6 rings (SSSR count). The van der Waals surface area contributed by atoms with E-state index in [1.54, 1.807) is 22.7 Å². The van der Waals surface area contributed by atoms with Gasteiger partial charge in [-0.3, -0.25) is 24.0 Å². The number of terminal acetylenes is 2. The van der Waals surface area contributed by atoms with Gasteiger partial charge in [0, 0.05) is 39.0 Å². The summed E-state index contributed by atoms with van der Waals surface area (Å²) in [6.07, 6.45) is 8.81. The molecule has 2 saturated heterocycles. The highest BCUT2D eigenvalue weighted by Gasteiger charge is 2.45. The summed E-state index contributed by atoms with van der Waals surface area (Å²) in [5.41, 5.74) is 14.6. The van der Waals surface area contributed by atoms with Gasteiger partial charge in [0.05, 0.1) is 103 Å². The number of thiazole rings is 2. The van der Waals surface area contributed by atoms with Crippen molar-refractivity contribution < 1.29 is 72.5 Å². The van der Waals surface area contributed by atoms with E-state index < -0.39 is 65.0 Å². The third-order valence-electron chi connectivity index (χ3n) is 13.5. The maximum atomic E-state index is 13.7. The number of nitrogens with one attached hydrogen (secondary N) is 3. The van der Waals surface area contributed by atoms with E-state index in [1.807, 2.05) is 115 Å². The molecular formula is C62H86N8O15S2.